The van der Waals surface area contributed by atoms with E-state index in [1.54, 1.807) is 6.07 Å². The molecule has 1 atom stereocenters. The molecule has 2 aliphatic carbocycles. The zero-order chi connectivity index (χ0) is 21.1. The number of carbonyl (C=O) groups is 3. The van der Waals surface area contributed by atoms with Crippen LogP contribution in [0, 0.1) is 0 Å². The fourth-order valence-electron chi connectivity index (χ4n) is 4.19. The first kappa shape index (κ1) is 19.6. The van der Waals surface area contributed by atoms with E-state index in [2.05, 4.69) is 15.9 Å². The van der Waals surface area contributed by atoms with Gasteiger partial charge in [0.05, 0.1) is 29.1 Å². The molecule has 0 bridgehead atoms. The SMILES string of the molecule is COc1cccc2c1C(=O)c1c(O)c3c(c(O)c1C2=O)C[C@@](O)(C(=O)CBr)CC3. The minimum atomic E-state index is -1.72. The molecule has 8 heteroatoms. The number of methoxy groups -OCH3 is 1. The highest BCUT2D eigenvalue weighted by Gasteiger charge is 2.45. The number of phenols is 2. The van der Waals surface area contributed by atoms with Crippen molar-refractivity contribution in [2.45, 2.75) is 24.9 Å². The Bertz CT molecular complexity index is 1100. The van der Waals surface area contributed by atoms with E-state index in [1.165, 1.54) is 19.2 Å². The Hall–Kier alpha value is -2.71. The molecule has 0 radical (unpaired) electrons. The molecule has 7 nitrogen and oxygen atoms in total. The number of ether oxygens (including phenoxy) is 1. The normalized spacial score (nSPS) is 20.0. The van der Waals surface area contributed by atoms with Gasteiger partial charge in [-0.1, -0.05) is 28.1 Å². The molecule has 0 saturated heterocycles. The number of aliphatic hydroxyl groups is 1. The highest BCUT2D eigenvalue weighted by molar-refractivity contribution is 9.09. The monoisotopic (exact) mass is 460 g/mol. The molecule has 0 saturated carbocycles. The number of benzene rings is 2. The summed E-state index contributed by atoms with van der Waals surface area (Å²) in [6.45, 7) is 0. The number of hydrogen-bond acceptors (Lipinski definition) is 7. The molecule has 0 unspecified atom stereocenters. The first-order valence-electron chi connectivity index (χ1n) is 8.92. The Morgan fingerprint density at radius 3 is 2.41 bits per heavy atom. The quantitative estimate of drug-likeness (QED) is 0.403. The lowest BCUT2D eigenvalue weighted by Gasteiger charge is -2.34. The van der Waals surface area contributed by atoms with Crippen LogP contribution in [0.3, 0.4) is 0 Å². The van der Waals surface area contributed by atoms with Crippen LogP contribution in [-0.4, -0.2) is 50.7 Å². The molecule has 2 aromatic carbocycles. The number of aromatic hydroxyl groups is 2. The minimum Gasteiger partial charge on any atom is -0.507 e. The first-order chi connectivity index (χ1) is 13.7. The van der Waals surface area contributed by atoms with Crippen molar-refractivity contribution in [2.24, 2.45) is 0 Å². The summed E-state index contributed by atoms with van der Waals surface area (Å²) in [6.07, 6.45) is -0.165. The average Bonchev–Trinajstić information content (AvgIpc) is 2.73. The molecule has 2 aromatic rings. The van der Waals surface area contributed by atoms with Crippen LogP contribution < -0.4 is 4.74 Å². The van der Waals surface area contributed by atoms with Gasteiger partial charge in [-0.05, 0) is 18.9 Å². The molecular weight excluding hydrogens is 444 g/mol. The van der Waals surface area contributed by atoms with Crippen LogP contribution in [-0.2, 0) is 17.6 Å². The van der Waals surface area contributed by atoms with Crippen LogP contribution in [0.2, 0.25) is 0 Å². The summed E-state index contributed by atoms with van der Waals surface area (Å²) >= 11 is 3.04. The molecule has 150 valence electrons. The van der Waals surface area contributed by atoms with Gasteiger partial charge in [0.15, 0.2) is 11.6 Å². The van der Waals surface area contributed by atoms with Crippen LogP contribution in [0.25, 0.3) is 0 Å². The molecule has 29 heavy (non-hydrogen) atoms. The van der Waals surface area contributed by atoms with E-state index in [4.69, 9.17) is 4.74 Å². The second-order valence-corrected chi connectivity index (χ2v) is 7.77. The van der Waals surface area contributed by atoms with Crippen LogP contribution in [0.5, 0.6) is 17.2 Å². The fraction of sp³-hybridized carbons (Fsp3) is 0.286. The van der Waals surface area contributed by atoms with E-state index in [9.17, 15) is 29.7 Å². The van der Waals surface area contributed by atoms with Gasteiger partial charge in [-0.3, -0.25) is 14.4 Å². The summed E-state index contributed by atoms with van der Waals surface area (Å²) < 4.78 is 5.20. The molecule has 0 heterocycles. The number of hydrogen-bond donors (Lipinski definition) is 3. The smallest absolute Gasteiger partial charge is 0.202 e. The van der Waals surface area contributed by atoms with Crippen molar-refractivity contribution in [1.82, 2.24) is 0 Å². The van der Waals surface area contributed by atoms with Crippen LogP contribution in [0.15, 0.2) is 18.2 Å². The third-order valence-electron chi connectivity index (χ3n) is 5.73. The van der Waals surface area contributed by atoms with Gasteiger partial charge in [0.1, 0.15) is 22.8 Å². The van der Waals surface area contributed by atoms with Gasteiger partial charge in [0, 0.05) is 23.1 Å². The number of fused-ring (bicyclic) bond motifs is 3. The summed E-state index contributed by atoms with van der Waals surface area (Å²) in [5, 5.41) is 32.4. The van der Waals surface area contributed by atoms with Gasteiger partial charge in [-0.25, -0.2) is 0 Å². The van der Waals surface area contributed by atoms with E-state index in [0.29, 0.717) is 0 Å². The zero-order valence-corrected chi connectivity index (χ0v) is 17.0. The average molecular weight is 461 g/mol. The highest BCUT2D eigenvalue weighted by atomic mass is 79.9. The topological polar surface area (TPSA) is 121 Å². The van der Waals surface area contributed by atoms with Crippen molar-refractivity contribution in [2.75, 3.05) is 12.4 Å². The Balaban J connectivity index is 1.97. The number of carbonyl (C=O) groups excluding carboxylic acids is 3. The lowest BCUT2D eigenvalue weighted by Crippen LogP contribution is -2.45. The predicted molar refractivity (Wildman–Crippen MR) is 105 cm³/mol. The highest BCUT2D eigenvalue weighted by Crippen LogP contribution is 2.48. The lowest BCUT2D eigenvalue weighted by molar-refractivity contribution is -0.135. The van der Waals surface area contributed by atoms with Gasteiger partial charge in [0.2, 0.25) is 5.78 Å². The van der Waals surface area contributed by atoms with Crippen LogP contribution >= 0.6 is 15.9 Å². The van der Waals surface area contributed by atoms with Crippen molar-refractivity contribution >= 4 is 33.3 Å². The summed E-state index contributed by atoms with van der Waals surface area (Å²) in [5.74, 6) is -2.42. The summed E-state index contributed by atoms with van der Waals surface area (Å²) in [5.41, 5.74) is -1.87. The molecular formula is C21H17BrO7. The van der Waals surface area contributed by atoms with Gasteiger partial charge in [0.25, 0.3) is 0 Å². The number of halogens is 1. The Kier molecular flexibility index (Phi) is 4.51. The van der Waals surface area contributed by atoms with E-state index in [-0.39, 0.29) is 63.7 Å². The minimum absolute atomic E-state index is 0.0261. The molecule has 0 fully saturated rings. The molecule has 2 aliphatic rings. The van der Waals surface area contributed by atoms with Crippen molar-refractivity contribution in [3.8, 4) is 17.2 Å². The van der Waals surface area contributed by atoms with Crippen molar-refractivity contribution in [3.63, 3.8) is 0 Å². The predicted octanol–water partition coefficient (Wildman–Crippen LogP) is 2.07. The molecule has 0 amide bonds. The second-order valence-electron chi connectivity index (χ2n) is 7.21. The lowest BCUT2D eigenvalue weighted by atomic mass is 9.73. The second kappa shape index (κ2) is 6.67. The third kappa shape index (κ3) is 2.63. The standard InChI is InChI=1S/C21H17BrO7/c1-29-12-4-2-3-10-14(12)20(27)16-15(18(10)25)19(26)11-7-21(28,13(23)8-22)6-5-9(11)17(16)24/h2-4,24,26,28H,5-8H2,1H3/t21-/m1/s1. The molecule has 0 spiro atoms. The maximum absolute atomic E-state index is 13.2. The van der Waals surface area contributed by atoms with Crippen LogP contribution in [0.4, 0.5) is 0 Å². The number of alkyl halides is 1. The number of rotatable bonds is 3. The number of ketones is 3. The van der Waals surface area contributed by atoms with Crippen LogP contribution in [0.1, 0.15) is 49.4 Å². The fourth-order valence-corrected chi connectivity index (χ4v) is 4.71. The summed E-state index contributed by atoms with van der Waals surface area (Å²) in [7, 11) is 1.37. The Morgan fingerprint density at radius 1 is 1.10 bits per heavy atom. The van der Waals surface area contributed by atoms with Crippen molar-refractivity contribution in [1.29, 1.82) is 0 Å². The first-order valence-corrected chi connectivity index (χ1v) is 10.0. The maximum Gasteiger partial charge on any atom is 0.202 e. The maximum atomic E-state index is 13.2. The molecule has 3 N–H and O–H groups in total. The number of Topliss-reactive ketones (excluding diaryl/α,β-unsaturated/α-hetero) is 1. The molecule has 0 aromatic heterocycles. The zero-order valence-electron chi connectivity index (χ0n) is 15.4. The van der Waals surface area contributed by atoms with Crippen molar-refractivity contribution in [3.05, 3.63) is 51.6 Å². The number of phenolic OH excluding ortho intramolecular Hbond substituents is 2. The summed E-state index contributed by atoms with van der Waals surface area (Å²) in [6, 6.07) is 4.54. The van der Waals surface area contributed by atoms with Crippen molar-refractivity contribution < 1.29 is 34.4 Å². The van der Waals surface area contributed by atoms with E-state index < -0.39 is 34.4 Å². The Labute approximate surface area is 174 Å². The van der Waals surface area contributed by atoms with Gasteiger partial charge in [-0.2, -0.15) is 0 Å². The Morgan fingerprint density at radius 2 is 1.76 bits per heavy atom. The van der Waals surface area contributed by atoms with Gasteiger partial charge in [-0.15, -0.1) is 0 Å². The summed E-state index contributed by atoms with van der Waals surface area (Å²) in [4.78, 5) is 38.4. The molecule has 0 aliphatic heterocycles. The van der Waals surface area contributed by atoms with E-state index in [1.807, 2.05) is 0 Å². The van der Waals surface area contributed by atoms with E-state index in [0.717, 1.165) is 0 Å². The molecule has 4 rings (SSSR count). The largest absolute Gasteiger partial charge is 0.507 e. The van der Waals surface area contributed by atoms with Gasteiger partial charge < -0.3 is 20.1 Å². The van der Waals surface area contributed by atoms with Gasteiger partial charge >= 0.3 is 0 Å². The van der Waals surface area contributed by atoms with E-state index >= 15 is 0 Å². The third-order valence-corrected chi connectivity index (χ3v) is 6.24.